The van der Waals surface area contributed by atoms with Crippen LogP contribution in [0.5, 0.6) is 5.75 Å². The Labute approximate surface area is 119 Å². The van der Waals surface area contributed by atoms with E-state index in [2.05, 4.69) is 6.92 Å². The molecule has 0 amide bonds. The normalized spacial score (nSPS) is 11.4. The summed E-state index contributed by atoms with van der Waals surface area (Å²) in [6, 6.07) is 15.0. The molecule has 0 saturated heterocycles. The molecule has 0 unspecified atom stereocenters. The van der Waals surface area contributed by atoms with Crippen molar-refractivity contribution in [3.63, 3.8) is 0 Å². The summed E-state index contributed by atoms with van der Waals surface area (Å²) < 4.78 is 6.38. The molecule has 0 aliphatic heterocycles. The summed E-state index contributed by atoms with van der Waals surface area (Å²) in [7, 11) is 0. The van der Waals surface area contributed by atoms with Crippen molar-refractivity contribution in [2.45, 2.75) is 20.3 Å². The minimum atomic E-state index is 0.627. The van der Waals surface area contributed by atoms with Gasteiger partial charge in [0.1, 0.15) is 5.75 Å². The summed E-state index contributed by atoms with van der Waals surface area (Å²) in [5, 5.41) is 12.0. The van der Waals surface area contributed by atoms with Crippen LogP contribution in [0.4, 0.5) is 5.69 Å². The van der Waals surface area contributed by atoms with Crippen molar-refractivity contribution < 1.29 is 9.48 Å². The van der Waals surface area contributed by atoms with Crippen LogP contribution in [0.1, 0.15) is 24.5 Å². The van der Waals surface area contributed by atoms with E-state index in [1.54, 1.807) is 6.21 Å². The van der Waals surface area contributed by atoms with E-state index < -0.39 is 0 Å². The maximum Gasteiger partial charge on any atom is 0.216 e. The van der Waals surface area contributed by atoms with Gasteiger partial charge in [0.05, 0.1) is 6.61 Å². The first kappa shape index (κ1) is 14.1. The second-order valence-corrected chi connectivity index (χ2v) is 4.71. The highest BCUT2D eigenvalue weighted by molar-refractivity contribution is 5.76. The largest absolute Gasteiger partial charge is 0.618 e. The van der Waals surface area contributed by atoms with Crippen LogP contribution in [0.2, 0.25) is 0 Å². The van der Waals surface area contributed by atoms with E-state index in [1.165, 1.54) is 0 Å². The van der Waals surface area contributed by atoms with Gasteiger partial charge in [-0.1, -0.05) is 24.6 Å². The molecule has 104 valence electrons. The molecule has 3 heteroatoms. The van der Waals surface area contributed by atoms with E-state index in [4.69, 9.17) is 4.74 Å². The molecule has 2 aromatic carbocycles. The number of aryl methyl sites for hydroxylation is 1. The zero-order valence-electron chi connectivity index (χ0n) is 11.9. The number of benzene rings is 2. The van der Waals surface area contributed by atoms with Crippen molar-refractivity contribution in [1.29, 1.82) is 0 Å². The molecule has 0 saturated carbocycles. The van der Waals surface area contributed by atoms with Crippen LogP contribution in [0.25, 0.3) is 0 Å². The maximum atomic E-state index is 12.0. The molecule has 0 heterocycles. The first-order chi connectivity index (χ1) is 9.69. The van der Waals surface area contributed by atoms with Gasteiger partial charge in [0.25, 0.3) is 0 Å². The van der Waals surface area contributed by atoms with Crippen LogP contribution in [0, 0.1) is 12.1 Å². The fourth-order valence-electron chi connectivity index (χ4n) is 1.77. The van der Waals surface area contributed by atoms with Crippen LogP contribution in [-0.2, 0) is 0 Å². The van der Waals surface area contributed by atoms with Crippen molar-refractivity contribution in [3.05, 3.63) is 64.9 Å². The van der Waals surface area contributed by atoms with E-state index in [0.717, 1.165) is 28.0 Å². The average molecular weight is 269 g/mol. The van der Waals surface area contributed by atoms with Crippen LogP contribution in [-0.4, -0.2) is 17.6 Å². The highest BCUT2D eigenvalue weighted by Gasteiger charge is 2.01. The zero-order chi connectivity index (χ0) is 14.4. The standard InChI is InChI=1S/C17H19NO2/c1-3-12-20-17-10-6-15(7-11-17)13-18(19)16-8-4-14(2)5-9-16/h4-11,13H,3,12H2,1-2H3/b18-13+. The van der Waals surface area contributed by atoms with Gasteiger partial charge < -0.3 is 9.94 Å². The third-order valence-electron chi connectivity index (χ3n) is 2.91. The molecule has 0 fully saturated rings. The third kappa shape index (κ3) is 3.85. The lowest BCUT2D eigenvalue weighted by Crippen LogP contribution is -1.99. The first-order valence-electron chi connectivity index (χ1n) is 6.80. The number of hydrogen-bond donors (Lipinski definition) is 0. The fourth-order valence-corrected chi connectivity index (χ4v) is 1.77. The molecule has 2 aromatic rings. The molecule has 3 nitrogen and oxygen atoms in total. The predicted molar refractivity (Wildman–Crippen MR) is 81.9 cm³/mol. The molecule has 0 aromatic heterocycles. The Morgan fingerprint density at radius 1 is 1.05 bits per heavy atom. The molecule has 0 spiro atoms. The molecule has 0 atom stereocenters. The summed E-state index contributed by atoms with van der Waals surface area (Å²) in [6.45, 7) is 4.77. The van der Waals surface area contributed by atoms with E-state index in [-0.39, 0.29) is 0 Å². The van der Waals surface area contributed by atoms with Crippen LogP contribution < -0.4 is 4.74 Å². The summed E-state index contributed by atoms with van der Waals surface area (Å²) in [6.07, 6.45) is 2.55. The maximum absolute atomic E-state index is 12.0. The third-order valence-corrected chi connectivity index (χ3v) is 2.91. The van der Waals surface area contributed by atoms with Gasteiger partial charge in [0.2, 0.25) is 5.69 Å². The molecule has 2 rings (SSSR count). The number of ether oxygens (including phenoxy) is 1. The van der Waals surface area contributed by atoms with E-state index in [9.17, 15) is 5.21 Å². The SMILES string of the molecule is CCCOc1ccc(/C=[N+](/[O-])c2ccc(C)cc2)cc1. The Balaban J connectivity index is 2.11. The van der Waals surface area contributed by atoms with Crippen LogP contribution in [0.3, 0.4) is 0 Å². The number of rotatable bonds is 5. The van der Waals surface area contributed by atoms with Crippen molar-refractivity contribution in [3.8, 4) is 5.75 Å². The van der Waals surface area contributed by atoms with Gasteiger partial charge in [0, 0.05) is 17.7 Å². The predicted octanol–water partition coefficient (Wildman–Crippen LogP) is 4.04. The smallest absolute Gasteiger partial charge is 0.216 e. The van der Waals surface area contributed by atoms with Crippen molar-refractivity contribution in [2.24, 2.45) is 0 Å². The van der Waals surface area contributed by atoms with E-state index >= 15 is 0 Å². The molecule has 0 radical (unpaired) electrons. The first-order valence-corrected chi connectivity index (χ1v) is 6.80. The monoisotopic (exact) mass is 269 g/mol. The van der Waals surface area contributed by atoms with Gasteiger partial charge in [-0.05, 0) is 37.6 Å². The second-order valence-electron chi connectivity index (χ2n) is 4.71. The Bertz CT molecular complexity index is 571. The second kappa shape index (κ2) is 6.75. The summed E-state index contributed by atoms with van der Waals surface area (Å²) in [5.41, 5.74) is 2.62. The number of hydrogen-bond acceptors (Lipinski definition) is 2. The van der Waals surface area contributed by atoms with Crippen molar-refractivity contribution >= 4 is 11.9 Å². The molecule has 0 bridgehead atoms. The topological polar surface area (TPSA) is 35.3 Å². The van der Waals surface area contributed by atoms with E-state index in [1.807, 2.05) is 55.5 Å². The summed E-state index contributed by atoms with van der Waals surface area (Å²) in [4.78, 5) is 0. The Hall–Kier alpha value is -2.29. The highest BCUT2D eigenvalue weighted by Crippen LogP contribution is 2.14. The van der Waals surface area contributed by atoms with Gasteiger partial charge in [-0.2, -0.15) is 4.74 Å². The zero-order valence-corrected chi connectivity index (χ0v) is 11.9. The molecule has 0 aliphatic carbocycles. The molecular weight excluding hydrogens is 250 g/mol. The summed E-state index contributed by atoms with van der Waals surface area (Å²) in [5.74, 6) is 0.830. The van der Waals surface area contributed by atoms with Gasteiger partial charge >= 0.3 is 0 Å². The van der Waals surface area contributed by atoms with Gasteiger partial charge in [-0.15, -0.1) is 0 Å². The highest BCUT2D eigenvalue weighted by atomic mass is 16.5. The number of nitrogens with zero attached hydrogens (tertiary/aromatic N) is 1. The molecule has 20 heavy (non-hydrogen) atoms. The van der Waals surface area contributed by atoms with E-state index in [0.29, 0.717) is 12.3 Å². The summed E-state index contributed by atoms with van der Waals surface area (Å²) >= 11 is 0. The molecule has 0 N–H and O–H groups in total. The minimum Gasteiger partial charge on any atom is -0.618 e. The quantitative estimate of drug-likeness (QED) is 0.355. The Kier molecular flexibility index (Phi) is 4.77. The molecule has 0 aliphatic rings. The molecular formula is C17H19NO2. The van der Waals surface area contributed by atoms with Gasteiger partial charge in [-0.3, -0.25) is 0 Å². The lowest BCUT2D eigenvalue weighted by atomic mass is 10.2. The minimum absolute atomic E-state index is 0.627. The van der Waals surface area contributed by atoms with Gasteiger partial charge in [-0.25, -0.2) is 0 Å². The van der Waals surface area contributed by atoms with Crippen molar-refractivity contribution in [1.82, 2.24) is 0 Å². The van der Waals surface area contributed by atoms with Crippen molar-refractivity contribution in [2.75, 3.05) is 6.61 Å². The lowest BCUT2D eigenvalue weighted by Gasteiger charge is -2.05. The van der Waals surface area contributed by atoms with Crippen LogP contribution >= 0.6 is 0 Å². The Morgan fingerprint density at radius 2 is 1.70 bits per heavy atom. The fraction of sp³-hybridized carbons (Fsp3) is 0.235. The average Bonchev–Trinajstić information content (AvgIpc) is 2.47. The Morgan fingerprint density at radius 3 is 2.30 bits per heavy atom. The van der Waals surface area contributed by atoms with Crippen LogP contribution in [0.15, 0.2) is 48.5 Å². The lowest BCUT2D eigenvalue weighted by molar-refractivity contribution is -0.354. The van der Waals surface area contributed by atoms with Gasteiger partial charge in [0.15, 0.2) is 6.21 Å².